The quantitative estimate of drug-likeness (QED) is 0.841. The number of rotatable bonds is 2. The lowest BCUT2D eigenvalue weighted by atomic mass is 10.1. The third kappa shape index (κ3) is 1.67. The van der Waals surface area contributed by atoms with Crippen LogP contribution in [-0.4, -0.2) is 20.6 Å². The van der Waals surface area contributed by atoms with Crippen molar-refractivity contribution in [2.24, 2.45) is 7.05 Å². The zero-order valence-electron chi connectivity index (χ0n) is 8.51. The summed E-state index contributed by atoms with van der Waals surface area (Å²) in [7, 11) is 1.78. The number of hydrogen-bond donors (Lipinski definition) is 1. The number of hydrogen-bond acceptors (Lipinski definition) is 2. The van der Waals surface area contributed by atoms with Crippen molar-refractivity contribution < 1.29 is 14.3 Å². The van der Waals surface area contributed by atoms with E-state index in [9.17, 15) is 9.18 Å². The van der Waals surface area contributed by atoms with Gasteiger partial charge in [-0.1, -0.05) is 0 Å². The number of imidazole rings is 1. The number of aromatic carboxylic acids is 1. The molecular formula is C11H9FN2O2. The Labute approximate surface area is 91.0 Å². The molecule has 2 aromatic rings. The Morgan fingerprint density at radius 2 is 2.25 bits per heavy atom. The lowest BCUT2D eigenvalue weighted by molar-refractivity contribution is 0.0692. The average Bonchev–Trinajstić information content (AvgIpc) is 2.65. The molecule has 1 aromatic heterocycles. The Morgan fingerprint density at radius 3 is 2.81 bits per heavy atom. The summed E-state index contributed by atoms with van der Waals surface area (Å²) in [4.78, 5) is 14.8. The predicted molar refractivity (Wildman–Crippen MR) is 55.6 cm³/mol. The van der Waals surface area contributed by atoms with Crippen LogP contribution in [0.15, 0.2) is 30.6 Å². The summed E-state index contributed by atoms with van der Waals surface area (Å²) in [5, 5.41) is 8.79. The first-order chi connectivity index (χ1) is 7.59. The summed E-state index contributed by atoms with van der Waals surface area (Å²) < 4.78 is 14.9. The van der Waals surface area contributed by atoms with Gasteiger partial charge in [0.1, 0.15) is 11.6 Å². The van der Waals surface area contributed by atoms with E-state index in [1.54, 1.807) is 24.0 Å². The molecule has 82 valence electrons. The fraction of sp³-hybridized carbons (Fsp3) is 0.0909. The number of nitrogens with zero attached hydrogens (tertiary/aromatic N) is 2. The van der Waals surface area contributed by atoms with Gasteiger partial charge in [0.05, 0.1) is 5.56 Å². The highest BCUT2D eigenvalue weighted by Crippen LogP contribution is 2.20. The van der Waals surface area contributed by atoms with Gasteiger partial charge >= 0.3 is 5.97 Å². The summed E-state index contributed by atoms with van der Waals surface area (Å²) >= 11 is 0. The first-order valence-electron chi connectivity index (χ1n) is 4.60. The second-order valence-electron chi connectivity index (χ2n) is 3.36. The molecule has 0 aliphatic heterocycles. The third-order valence-corrected chi connectivity index (χ3v) is 2.28. The summed E-state index contributed by atoms with van der Waals surface area (Å²) in [6, 6.07) is 3.91. The molecule has 0 saturated carbocycles. The van der Waals surface area contributed by atoms with Crippen LogP contribution in [0.4, 0.5) is 4.39 Å². The van der Waals surface area contributed by atoms with E-state index >= 15 is 0 Å². The maximum atomic E-state index is 13.2. The molecule has 1 N–H and O–H groups in total. The molecule has 0 saturated heterocycles. The fourth-order valence-electron chi connectivity index (χ4n) is 1.47. The maximum Gasteiger partial charge on any atom is 0.338 e. The van der Waals surface area contributed by atoms with Crippen molar-refractivity contribution in [1.29, 1.82) is 0 Å². The van der Waals surface area contributed by atoms with Gasteiger partial charge in [0.2, 0.25) is 0 Å². The summed E-state index contributed by atoms with van der Waals surface area (Å²) in [5.41, 5.74) is 0.229. The Bertz CT molecular complexity index is 549. The molecule has 0 fully saturated rings. The van der Waals surface area contributed by atoms with Crippen molar-refractivity contribution in [2.75, 3.05) is 0 Å². The van der Waals surface area contributed by atoms with E-state index in [1.165, 1.54) is 12.1 Å². The Kier molecular flexibility index (Phi) is 2.44. The topological polar surface area (TPSA) is 55.1 Å². The molecular weight excluding hydrogens is 211 g/mol. The van der Waals surface area contributed by atoms with Gasteiger partial charge in [-0.05, 0) is 18.2 Å². The average molecular weight is 220 g/mol. The Morgan fingerprint density at radius 1 is 1.50 bits per heavy atom. The smallest absolute Gasteiger partial charge is 0.338 e. The maximum absolute atomic E-state index is 13.2. The van der Waals surface area contributed by atoms with E-state index in [1.807, 2.05) is 0 Å². The molecule has 0 bridgehead atoms. The first-order valence-corrected chi connectivity index (χ1v) is 4.60. The SMILES string of the molecule is Cn1ccnc1-c1ccc(F)c(C(=O)O)c1. The molecule has 0 aliphatic rings. The number of carbonyl (C=O) groups is 1. The molecule has 4 nitrogen and oxygen atoms in total. The van der Waals surface area contributed by atoms with Gasteiger partial charge in [0.25, 0.3) is 0 Å². The monoisotopic (exact) mass is 220 g/mol. The van der Waals surface area contributed by atoms with E-state index in [-0.39, 0.29) is 5.56 Å². The molecule has 0 aliphatic carbocycles. The molecule has 0 amide bonds. The summed E-state index contributed by atoms with van der Waals surface area (Å²) in [6.07, 6.45) is 3.33. The standard InChI is InChI=1S/C11H9FN2O2/c1-14-5-4-13-10(14)7-2-3-9(12)8(6-7)11(15)16/h2-6H,1H3,(H,15,16). The second kappa shape index (κ2) is 3.77. The van der Waals surface area contributed by atoms with Crippen molar-refractivity contribution in [3.63, 3.8) is 0 Å². The lowest BCUT2D eigenvalue weighted by Crippen LogP contribution is -2.01. The van der Waals surface area contributed by atoms with Gasteiger partial charge in [-0.15, -0.1) is 0 Å². The molecule has 0 spiro atoms. The van der Waals surface area contributed by atoms with Crippen LogP contribution >= 0.6 is 0 Å². The molecule has 0 radical (unpaired) electrons. The van der Waals surface area contributed by atoms with Gasteiger partial charge in [0, 0.05) is 25.0 Å². The van der Waals surface area contributed by atoms with E-state index < -0.39 is 11.8 Å². The normalized spacial score (nSPS) is 10.4. The number of benzene rings is 1. The first kappa shape index (κ1) is 10.4. The number of halogens is 1. The lowest BCUT2D eigenvalue weighted by Gasteiger charge is -2.03. The van der Waals surface area contributed by atoms with Crippen LogP contribution < -0.4 is 0 Å². The van der Waals surface area contributed by atoms with Crippen LogP contribution in [0.3, 0.4) is 0 Å². The van der Waals surface area contributed by atoms with Crippen LogP contribution in [0.2, 0.25) is 0 Å². The van der Waals surface area contributed by atoms with Crippen LogP contribution in [0.5, 0.6) is 0 Å². The zero-order chi connectivity index (χ0) is 11.7. The summed E-state index contributed by atoms with van der Waals surface area (Å²) in [6.45, 7) is 0. The Balaban J connectivity index is 2.56. The van der Waals surface area contributed by atoms with Crippen LogP contribution in [0, 0.1) is 5.82 Å². The molecule has 0 unspecified atom stereocenters. The van der Waals surface area contributed by atoms with Gasteiger partial charge in [-0.2, -0.15) is 0 Å². The van der Waals surface area contributed by atoms with E-state index in [4.69, 9.17) is 5.11 Å². The van der Waals surface area contributed by atoms with Crippen LogP contribution in [0.25, 0.3) is 11.4 Å². The minimum Gasteiger partial charge on any atom is -0.478 e. The van der Waals surface area contributed by atoms with Gasteiger partial charge in [-0.25, -0.2) is 14.2 Å². The van der Waals surface area contributed by atoms with Crippen LogP contribution in [-0.2, 0) is 7.05 Å². The van der Waals surface area contributed by atoms with Crippen molar-refractivity contribution in [1.82, 2.24) is 9.55 Å². The van der Waals surface area contributed by atoms with Crippen molar-refractivity contribution in [3.05, 3.63) is 42.0 Å². The van der Waals surface area contributed by atoms with E-state index in [0.29, 0.717) is 11.4 Å². The third-order valence-electron chi connectivity index (χ3n) is 2.28. The predicted octanol–water partition coefficient (Wildman–Crippen LogP) is 1.92. The Hall–Kier alpha value is -2.17. The van der Waals surface area contributed by atoms with Crippen molar-refractivity contribution in [2.45, 2.75) is 0 Å². The number of carboxylic acids is 1. The second-order valence-corrected chi connectivity index (χ2v) is 3.36. The fourth-order valence-corrected chi connectivity index (χ4v) is 1.47. The van der Waals surface area contributed by atoms with Gasteiger partial charge < -0.3 is 9.67 Å². The molecule has 1 aromatic carbocycles. The molecule has 16 heavy (non-hydrogen) atoms. The highest BCUT2D eigenvalue weighted by atomic mass is 19.1. The number of aromatic nitrogens is 2. The molecule has 0 atom stereocenters. The summed E-state index contributed by atoms with van der Waals surface area (Å²) in [5.74, 6) is -1.43. The zero-order valence-corrected chi connectivity index (χ0v) is 8.51. The van der Waals surface area contributed by atoms with Crippen molar-refractivity contribution >= 4 is 5.97 Å². The minimum atomic E-state index is -1.28. The minimum absolute atomic E-state index is 0.347. The number of aryl methyl sites for hydroxylation is 1. The van der Waals surface area contributed by atoms with Crippen LogP contribution in [0.1, 0.15) is 10.4 Å². The van der Waals surface area contributed by atoms with Gasteiger partial charge in [0.15, 0.2) is 0 Å². The van der Waals surface area contributed by atoms with Gasteiger partial charge in [-0.3, -0.25) is 0 Å². The highest BCUT2D eigenvalue weighted by Gasteiger charge is 2.13. The van der Waals surface area contributed by atoms with E-state index in [2.05, 4.69) is 4.98 Å². The van der Waals surface area contributed by atoms with E-state index in [0.717, 1.165) is 6.07 Å². The highest BCUT2D eigenvalue weighted by molar-refractivity contribution is 5.89. The van der Waals surface area contributed by atoms with Crippen molar-refractivity contribution in [3.8, 4) is 11.4 Å². The molecule has 2 rings (SSSR count). The largest absolute Gasteiger partial charge is 0.478 e. The molecule has 1 heterocycles. The molecule has 5 heteroatoms. The number of carboxylic acid groups (broad SMARTS) is 1.